The van der Waals surface area contributed by atoms with Crippen LogP contribution in [0.2, 0.25) is 5.02 Å². The molecule has 0 bridgehead atoms. The predicted molar refractivity (Wildman–Crippen MR) is 140 cm³/mol. The lowest BCUT2D eigenvalue weighted by molar-refractivity contribution is -0.123. The van der Waals surface area contributed by atoms with Gasteiger partial charge in [0.1, 0.15) is 5.75 Å². The Morgan fingerprint density at radius 3 is 2.45 bits per heavy atom. The standard InChI is InChI=1S/C27H20ClNO8S/c1-33-18-6-4-16(5-7-18)26(31)37-20-8-3-15(9-21(20)34-2)10-24-25(30)29(27(32)38-24)13-17-11-22-23(12-19(17)28)36-14-35-22/h3-12H,13-14H2,1-2H3/b24-10-. The van der Waals surface area contributed by atoms with E-state index in [0.717, 1.165) is 16.7 Å². The molecular formula is C27H20ClNO8S. The third-order valence-electron chi connectivity index (χ3n) is 5.76. The van der Waals surface area contributed by atoms with Gasteiger partial charge >= 0.3 is 5.97 Å². The predicted octanol–water partition coefficient (Wildman–Crippen LogP) is 5.54. The molecule has 0 spiro atoms. The van der Waals surface area contributed by atoms with Crippen LogP contribution in [0.5, 0.6) is 28.7 Å². The topological polar surface area (TPSA) is 101 Å². The number of hydrogen-bond acceptors (Lipinski definition) is 9. The number of amides is 2. The van der Waals surface area contributed by atoms with Crippen molar-refractivity contribution in [2.45, 2.75) is 6.54 Å². The molecule has 9 nitrogen and oxygen atoms in total. The number of benzene rings is 3. The molecule has 2 heterocycles. The molecular weight excluding hydrogens is 534 g/mol. The Hall–Kier alpha value is -4.15. The molecule has 0 aromatic heterocycles. The average Bonchev–Trinajstić information content (AvgIpc) is 3.48. The molecule has 38 heavy (non-hydrogen) atoms. The fourth-order valence-electron chi connectivity index (χ4n) is 3.78. The fourth-order valence-corrected chi connectivity index (χ4v) is 4.83. The van der Waals surface area contributed by atoms with Crippen molar-refractivity contribution >= 4 is 46.6 Å². The van der Waals surface area contributed by atoms with Crippen molar-refractivity contribution < 1.29 is 38.1 Å². The molecule has 2 aliphatic heterocycles. The highest BCUT2D eigenvalue weighted by Crippen LogP contribution is 2.40. The van der Waals surface area contributed by atoms with Crippen LogP contribution in [0, 0.1) is 0 Å². The highest BCUT2D eigenvalue weighted by atomic mass is 35.5. The molecule has 3 aromatic carbocycles. The number of hydrogen-bond donors (Lipinski definition) is 0. The molecule has 0 radical (unpaired) electrons. The Morgan fingerprint density at radius 1 is 1.00 bits per heavy atom. The van der Waals surface area contributed by atoms with Gasteiger partial charge in [0.15, 0.2) is 23.0 Å². The third-order valence-corrected chi connectivity index (χ3v) is 7.02. The van der Waals surface area contributed by atoms with E-state index < -0.39 is 17.1 Å². The van der Waals surface area contributed by atoms with Crippen LogP contribution in [0.25, 0.3) is 6.08 Å². The second kappa shape index (κ2) is 10.7. The quantitative estimate of drug-likeness (QED) is 0.212. The molecule has 2 amide bonds. The van der Waals surface area contributed by atoms with Crippen molar-refractivity contribution in [1.29, 1.82) is 0 Å². The zero-order valence-corrected chi connectivity index (χ0v) is 21.8. The molecule has 0 aliphatic carbocycles. The Labute approximate surface area is 226 Å². The van der Waals surface area contributed by atoms with Gasteiger partial charge in [-0.05, 0) is 71.4 Å². The summed E-state index contributed by atoms with van der Waals surface area (Å²) in [5.74, 6) is 1.10. The van der Waals surface area contributed by atoms with Crippen LogP contribution < -0.4 is 23.7 Å². The SMILES string of the molecule is COc1ccc(C(=O)Oc2ccc(/C=C3\SC(=O)N(Cc4cc5c(cc4Cl)OCO5)C3=O)cc2OC)cc1. The van der Waals surface area contributed by atoms with Crippen molar-refractivity contribution in [3.05, 3.63) is 81.2 Å². The molecule has 5 rings (SSSR count). The van der Waals surface area contributed by atoms with Gasteiger partial charge in [0.05, 0.1) is 31.2 Å². The number of methoxy groups -OCH3 is 2. The van der Waals surface area contributed by atoms with Gasteiger partial charge in [-0.25, -0.2) is 4.79 Å². The molecule has 1 saturated heterocycles. The Bertz CT molecular complexity index is 1470. The van der Waals surface area contributed by atoms with Crippen molar-refractivity contribution in [1.82, 2.24) is 4.90 Å². The van der Waals surface area contributed by atoms with Gasteiger partial charge in [0.25, 0.3) is 11.1 Å². The minimum atomic E-state index is -0.568. The van der Waals surface area contributed by atoms with Crippen LogP contribution in [-0.2, 0) is 11.3 Å². The summed E-state index contributed by atoms with van der Waals surface area (Å²) < 4.78 is 26.7. The number of nitrogens with zero attached hydrogens (tertiary/aromatic N) is 1. The number of fused-ring (bicyclic) bond motifs is 1. The Balaban J connectivity index is 1.31. The van der Waals surface area contributed by atoms with Gasteiger partial charge in [-0.15, -0.1) is 0 Å². The molecule has 194 valence electrons. The smallest absolute Gasteiger partial charge is 0.343 e. The lowest BCUT2D eigenvalue weighted by Crippen LogP contribution is -2.27. The number of carbonyl (C=O) groups is 3. The van der Waals surface area contributed by atoms with Crippen molar-refractivity contribution in [3.8, 4) is 28.7 Å². The summed E-state index contributed by atoms with van der Waals surface area (Å²) in [5.41, 5.74) is 1.48. The molecule has 2 aliphatic rings. The number of ether oxygens (including phenoxy) is 5. The highest BCUT2D eigenvalue weighted by Gasteiger charge is 2.36. The minimum Gasteiger partial charge on any atom is -0.497 e. The summed E-state index contributed by atoms with van der Waals surface area (Å²) in [7, 11) is 2.97. The third kappa shape index (κ3) is 5.13. The number of halogens is 1. The molecule has 0 atom stereocenters. The lowest BCUT2D eigenvalue weighted by atomic mass is 10.1. The second-order valence-corrected chi connectivity index (χ2v) is 9.49. The maximum atomic E-state index is 13.0. The van der Waals surface area contributed by atoms with Crippen LogP contribution in [0.4, 0.5) is 4.79 Å². The first-order valence-electron chi connectivity index (χ1n) is 11.2. The van der Waals surface area contributed by atoms with Crippen LogP contribution in [-0.4, -0.2) is 43.0 Å². The van der Waals surface area contributed by atoms with E-state index in [1.807, 2.05) is 0 Å². The minimum absolute atomic E-state index is 0.0128. The van der Waals surface area contributed by atoms with Crippen molar-refractivity contribution in [2.75, 3.05) is 21.0 Å². The van der Waals surface area contributed by atoms with E-state index in [4.69, 9.17) is 35.3 Å². The first kappa shape index (κ1) is 25.5. The number of rotatable bonds is 7. The van der Waals surface area contributed by atoms with Gasteiger partial charge in [0.2, 0.25) is 6.79 Å². The zero-order valence-electron chi connectivity index (χ0n) is 20.2. The molecule has 1 fully saturated rings. The van der Waals surface area contributed by atoms with Crippen molar-refractivity contribution in [2.24, 2.45) is 0 Å². The lowest BCUT2D eigenvalue weighted by Gasteiger charge is -2.14. The highest BCUT2D eigenvalue weighted by molar-refractivity contribution is 8.18. The number of imide groups is 1. The monoisotopic (exact) mass is 553 g/mol. The second-order valence-electron chi connectivity index (χ2n) is 8.09. The van der Waals surface area contributed by atoms with Gasteiger partial charge in [-0.3, -0.25) is 14.5 Å². The van der Waals surface area contributed by atoms with Crippen LogP contribution >= 0.6 is 23.4 Å². The van der Waals surface area contributed by atoms with E-state index in [-0.39, 0.29) is 29.7 Å². The summed E-state index contributed by atoms with van der Waals surface area (Å²) >= 11 is 7.14. The number of thioether (sulfide) groups is 1. The van der Waals surface area contributed by atoms with Crippen molar-refractivity contribution in [3.63, 3.8) is 0 Å². The average molecular weight is 554 g/mol. The van der Waals surface area contributed by atoms with E-state index in [0.29, 0.717) is 39.0 Å². The fraction of sp³-hybridized carbons (Fsp3) is 0.148. The summed E-state index contributed by atoms with van der Waals surface area (Å²) in [6, 6.07) is 14.6. The summed E-state index contributed by atoms with van der Waals surface area (Å²) in [4.78, 5) is 39.6. The van der Waals surface area contributed by atoms with Crippen LogP contribution in [0.1, 0.15) is 21.5 Å². The van der Waals surface area contributed by atoms with E-state index in [1.54, 1.807) is 60.7 Å². The van der Waals surface area contributed by atoms with Gasteiger partial charge in [0, 0.05) is 11.1 Å². The Morgan fingerprint density at radius 2 is 1.74 bits per heavy atom. The van der Waals surface area contributed by atoms with Gasteiger partial charge in [-0.1, -0.05) is 17.7 Å². The first-order valence-corrected chi connectivity index (χ1v) is 12.4. The Kier molecular flexibility index (Phi) is 7.17. The largest absolute Gasteiger partial charge is 0.497 e. The first-order chi connectivity index (χ1) is 18.4. The maximum absolute atomic E-state index is 13.0. The van der Waals surface area contributed by atoms with Gasteiger partial charge < -0.3 is 23.7 Å². The van der Waals surface area contributed by atoms with E-state index in [2.05, 4.69) is 0 Å². The zero-order chi connectivity index (χ0) is 26.8. The number of esters is 1. The molecule has 11 heteroatoms. The van der Waals surface area contributed by atoms with Gasteiger partial charge in [-0.2, -0.15) is 0 Å². The molecule has 0 unspecified atom stereocenters. The summed E-state index contributed by atoms with van der Waals surface area (Å²) in [5, 5.41) is -0.0613. The number of carbonyl (C=O) groups excluding carboxylic acids is 3. The maximum Gasteiger partial charge on any atom is 0.343 e. The molecule has 0 saturated carbocycles. The van der Waals surface area contributed by atoms with E-state index in [9.17, 15) is 14.4 Å². The van der Waals surface area contributed by atoms with Crippen LogP contribution in [0.3, 0.4) is 0 Å². The van der Waals surface area contributed by atoms with E-state index in [1.165, 1.54) is 14.2 Å². The summed E-state index contributed by atoms with van der Waals surface area (Å²) in [6.45, 7) is 0.0728. The molecule has 0 N–H and O–H groups in total. The normalized spacial score (nSPS) is 15.2. The van der Waals surface area contributed by atoms with Crippen LogP contribution in [0.15, 0.2) is 59.5 Å². The molecule has 3 aromatic rings. The van der Waals surface area contributed by atoms with E-state index >= 15 is 0 Å². The summed E-state index contributed by atoms with van der Waals surface area (Å²) in [6.07, 6.45) is 1.57.